The molecule has 25 heavy (non-hydrogen) atoms. The first kappa shape index (κ1) is 20.4. The van der Waals surface area contributed by atoms with Crippen molar-refractivity contribution >= 4 is 27.1 Å². The molecule has 140 valence electrons. The molecule has 0 spiro atoms. The van der Waals surface area contributed by atoms with E-state index in [0.717, 1.165) is 0 Å². The number of hydrogen-bond donors (Lipinski definition) is 2. The summed E-state index contributed by atoms with van der Waals surface area (Å²) in [6.45, 7) is 15.7. The average molecular weight is 379 g/mol. The van der Waals surface area contributed by atoms with Gasteiger partial charge < -0.3 is 19.8 Å². The minimum atomic E-state index is -1.35. The van der Waals surface area contributed by atoms with Gasteiger partial charge in [0.05, 0.1) is 28.8 Å². The maximum Gasteiger partial charge on any atom is 0.146 e. The van der Waals surface area contributed by atoms with E-state index in [-0.39, 0.29) is 6.04 Å². The molecule has 0 bridgehead atoms. The van der Waals surface area contributed by atoms with Gasteiger partial charge in [0, 0.05) is 18.3 Å². The lowest BCUT2D eigenvalue weighted by Gasteiger charge is -2.41. The van der Waals surface area contributed by atoms with Gasteiger partial charge in [0.25, 0.3) is 0 Å². The van der Waals surface area contributed by atoms with Crippen molar-refractivity contribution in [2.45, 2.75) is 50.6 Å². The third-order valence-electron chi connectivity index (χ3n) is 4.51. The Morgan fingerprint density at radius 2 is 1.68 bits per heavy atom. The zero-order valence-corrected chi connectivity index (χ0v) is 18.8. The Balaban J connectivity index is 2.31. The van der Waals surface area contributed by atoms with E-state index in [9.17, 15) is 0 Å². The van der Waals surface area contributed by atoms with Crippen LogP contribution in [0.4, 0.5) is 0 Å². The highest BCUT2D eigenvalue weighted by molar-refractivity contribution is 6.96. The van der Waals surface area contributed by atoms with Gasteiger partial charge in [0.1, 0.15) is 6.79 Å². The summed E-state index contributed by atoms with van der Waals surface area (Å²) in [6.07, 6.45) is 0. The van der Waals surface area contributed by atoms with Gasteiger partial charge >= 0.3 is 0 Å². The molecule has 0 aliphatic rings. The molecule has 1 aromatic heterocycles. The quantitative estimate of drug-likeness (QED) is 0.382. The number of hydrogen-bond acceptors (Lipinski definition) is 3. The van der Waals surface area contributed by atoms with Crippen LogP contribution in [0, 0.1) is 0 Å². The minimum Gasteiger partial charge on any atom is -0.359 e. The van der Waals surface area contributed by atoms with Crippen LogP contribution < -0.4 is 5.32 Å². The molecule has 1 aromatic carbocycles. The second-order valence-electron chi connectivity index (χ2n) is 8.97. The zero-order chi connectivity index (χ0) is 18.7. The predicted molar refractivity (Wildman–Crippen MR) is 112 cm³/mol. The van der Waals surface area contributed by atoms with Crippen molar-refractivity contribution in [2.24, 2.45) is 0 Å². The van der Waals surface area contributed by atoms with E-state index in [1.807, 2.05) is 0 Å². The van der Waals surface area contributed by atoms with Crippen LogP contribution in [0.5, 0.6) is 0 Å². The van der Waals surface area contributed by atoms with Crippen LogP contribution in [-0.2, 0) is 9.47 Å². The smallest absolute Gasteiger partial charge is 0.146 e. The van der Waals surface area contributed by atoms with Crippen molar-refractivity contribution in [2.75, 3.05) is 20.5 Å². The van der Waals surface area contributed by atoms with E-state index >= 15 is 0 Å². The van der Waals surface area contributed by atoms with E-state index in [1.54, 1.807) is 7.11 Å². The third-order valence-corrected chi connectivity index (χ3v) is 13.5. The molecule has 0 saturated heterocycles. The summed E-state index contributed by atoms with van der Waals surface area (Å²) in [6, 6.07) is 10.8. The number of benzene rings is 1. The Morgan fingerprint density at radius 1 is 1.04 bits per heavy atom. The van der Waals surface area contributed by atoms with Gasteiger partial charge in [-0.3, -0.25) is 0 Å². The molecule has 0 saturated carbocycles. The molecule has 2 N–H and O–H groups in total. The fraction of sp³-hybridized carbons (Fsp3) is 0.579. The topological polar surface area (TPSA) is 46.3 Å². The highest BCUT2D eigenvalue weighted by atomic mass is 28.4. The van der Waals surface area contributed by atoms with E-state index in [4.69, 9.17) is 9.47 Å². The molecule has 2 rings (SSSR count). The summed E-state index contributed by atoms with van der Waals surface area (Å²) in [5.74, 6) is 0. The van der Waals surface area contributed by atoms with Gasteiger partial charge in [0.2, 0.25) is 0 Å². The first-order valence-corrected chi connectivity index (χ1v) is 16.2. The lowest BCUT2D eigenvalue weighted by molar-refractivity contribution is -0.0384. The summed E-state index contributed by atoms with van der Waals surface area (Å²) in [5, 5.41) is 5.83. The molecular formula is C19H34N2O2Si2. The van der Waals surface area contributed by atoms with Crippen LogP contribution in [0.3, 0.4) is 0 Å². The normalized spacial score (nSPS) is 14.4. The molecule has 1 heterocycles. The maximum atomic E-state index is 5.75. The van der Waals surface area contributed by atoms with Crippen molar-refractivity contribution in [3.63, 3.8) is 0 Å². The van der Waals surface area contributed by atoms with Gasteiger partial charge in [-0.2, -0.15) is 0 Å². The largest absolute Gasteiger partial charge is 0.359 e. The van der Waals surface area contributed by atoms with Gasteiger partial charge in [-0.15, -0.1) is 0 Å². The molecule has 1 unspecified atom stereocenters. The average Bonchev–Trinajstić information content (AvgIpc) is 2.91. The van der Waals surface area contributed by atoms with Gasteiger partial charge in [-0.05, 0) is 22.8 Å². The lowest BCUT2D eigenvalue weighted by Crippen LogP contribution is -2.62. The second-order valence-corrected chi connectivity index (χ2v) is 20.2. The van der Waals surface area contributed by atoms with Crippen molar-refractivity contribution in [1.29, 1.82) is 0 Å². The summed E-state index contributed by atoms with van der Waals surface area (Å²) in [5.41, 5.74) is 2.37. The molecule has 6 heteroatoms. The van der Waals surface area contributed by atoms with Crippen LogP contribution in [-0.4, -0.2) is 46.9 Å². The van der Waals surface area contributed by atoms with E-state index in [1.165, 1.54) is 16.6 Å². The van der Waals surface area contributed by atoms with Crippen molar-refractivity contribution in [3.8, 4) is 0 Å². The van der Waals surface area contributed by atoms with Crippen LogP contribution in [0.2, 0.25) is 39.3 Å². The van der Waals surface area contributed by atoms with Gasteiger partial charge in [0.15, 0.2) is 0 Å². The molecule has 4 nitrogen and oxygen atoms in total. The number of H-pyrrole nitrogens is 1. The summed E-state index contributed by atoms with van der Waals surface area (Å²) in [4.78, 5) is 3.58. The van der Waals surface area contributed by atoms with Crippen LogP contribution >= 0.6 is 0 Å². The number of fused-ring (bicyclic) bond motifs is 1. The Labute approximate surface area is 154 Å². The van der Waals surface area contributed by atoms with Crippen molar-refractivity contribution in [1.82, 2.24) is 10.3 Å². The second kappa shape index (κ2) is 8.18. The van der Waals surface area contributed by atoms with Crippen LogP contribution in [0.25, 0.3) is 10.9 Å². The predicted octanol–water partition coefficient (Wildman–Crippen LogP) is 4.54. The number of methoxy groups -OCH3 is 1. The number of aromatic nitrogens is 1. The summed E-state index contributed by atoms with van der Waals surface area (Å²) in [7, 11) is -1.04. The molecule has 0 fully saturated rings. The summed E-state index contributed by atoms with van der Waals surface area (Å²) >= 11 is 0. The number of aromatic amines is 1. The molecule has 0 amide bonds. The Kier molecular flexibility index (Phi) is 6.67. The summed E-state index contributed by atoms with van der Waals surface area (Å²) < 4.78 is 10.8. The van der Waals surface area contributed by atoms with E-state index in [2.05, 4.69) is 79.9 Å². The van der Waals surface area contributed by atoms with Crippen molar-refractivity contribution < 1.29 is 9.47 Å². The van der Waals surface area contributed by atoms with Crippen LogP contribution in [0.1, 0.15) is 11.7 Å². The van der Waals surface area contributed by atoms with E-state index in [0.29, 0.717) is 18.7 Å². The molecule has 2 aromatic rings. The highest BCUT2D eigenvalue weighted by Gasteiger charge is 2.39. The number of nitrogens with one attached hydrogen (secondary N) is 2. The van der Waals surface area contributed by atoms with Crippen molar-refractivity contribution in [3.05, 3.63) is 36.0 Å². The minimum absolute atomic E-state index is 0.144. The first-order valence-electron chi connectivity index (χ1n) is 9.03. The fourth-order valence-electron chi connectivity index (χ4n) is 3.76. The third kappa shape index (κ3) is 5.52. The number of rotatable bonds is 9. The van der Waals surface area contributed by atoms with Crippen LogP contribution in [0.15, 0.2) is 30.3 Å². The Morgan fingerprint density at radius 3 is 2.24 bits per heavy atom. The molecule has 1 atom stereocenters. The van der Waals surface area contributed by atoms with Gasteiger partial charge in [-0.1, -0.05) is 57.5 Å². The Bertz CT molecular complexity index is 627. The highest BCUT2D eigenvalue weighted by Crippen LogP contribution is 2.25. The monoisotopic (exact) mass is 378 g/mol. The maximum absolute atomic E-state index is 5.75. The first-order chi connectivity index (χ1) is 11.6. The molecule has 0 radical (unpaired) electrons. The molecular weight excluding hydrogens is 344 g/mol. The number of para-hydroxylation sites is 1. The molecule has 0 aliphatic carbocycles. The lowest BCUT2D eigenvalue weighted by atomic mass is 10.2. The van der Waals surface area contributed by atoms with E-state index < -0.39 is 16.1 Å². The standard InChI is InChI=1S/C19H34N2O2Si2/c1-22-14-23-13-18(21-19(24(2,3)4)25(5,6)7)17-12-15-10-8-9-11-16(15)20-17/h8-12,18-21H,13-14H2,1-7H3. The molecule has 0 aliphatic heterocycles. The fourth-order valence-corrected chi connectivity index (χ4v) is 15.6. The SMILES string of the molecule is COCOCC(NC([Si](C)(C)C)[Si](C)(C)C)c1cc2ccccc2[nH]1. The van der Waals surface area contributed by atoms with Gasteiger partial charge in [-0.25, -0.2) is 0 Å². The zero-order valence-electron chi connectivity index (χ0n) is 16.8. The number of ether oxygens (including phenoxy) is 2. The Hall–Kier alpha value is -0.926.